The first-order chi connectivity index (χ1) is 18.6. The van der Waals surface area contributed by atoms with Gasteiger partial charge in [0, 0.05) is 0 Å². The van der Waals surface area contributed by atoms with Crippen molar-refractivity contribution in [1.29, 1.82) is 0 Å². The lowest BCUT2D eigenvalue weighted by Gasteiger charge is -2.26. The molecule has 4 aromatic rings. The molecule has 0 saturated carbocycles. The SMILES string of the molecule is OC(CCCc1ccccc1)[C@H]1O[C@@H](n2cnc3c(NC4CCCc5ccccc54)ncnc32)[C@H](O)[C@@H]1O. The van der Waals surface area contributed by atoms with Crippen LogP contribution in [0.15, 0.2) is 67.3 Å². The highest BCUT2D eigenvalue weighted by molar-refractivity contribution is 5.83. The minimum atomic E-state index is -1.24. The van der Waals surface area contributed by atoms with E-state index in [4.69, 9.17) is 4.74 Å². The second-order valence-corrected chi connectivity index (χ2v) is 10.3. The monoisotopic (exact) mass is 515 g/mol. The van der Waals surface area contributed by atoms with Crippen LogP contribution in [0, 0.1) is 0 Å². The smallest absolute Gasteiger partial charge is 0.167 e. The predicted octanol–water partition coefficient (Wildman–Crippen LogP) is 3.32. The highest BCUT2D eigenvalue weighted by Crippen LogP contribution is 2.36. The van der Waals surface area contributed by atoms with Crippen molar-refractivity contribution in [1.82, 2.24) is 19.5 Å². The number of aryl methyl sites for hydroxylation is 2. The summed E-state index contributed by atoms with van der Waals surface area (Å²) in [5, 5.41) is 35.9. The lowest BCUT2D eigenvalue weighted by Crippen LogP contribution is -2.38. The van der Waals surface area contributed by atoms with E-state index in [1.54, 1.807) is 10.9 Å². The van der Waals surface area contributed by atoms with Crippen molar-refractivity contribution in [2.24, 2.45) is 0 Å². The Kier molecular flexibility index (Phi) is 7.08. The van der Waals surface area contributed by atoms with Crippen molar-refractivity contribution < 1.29 is 20.1 Å². The topological polar surface area (TPSA) is 126 Å². The number of hydrogen-bond donors (Lipinski definition) is 4. The summed E-state index contributed by atoms with van der Waals surface area (Å²) in [6.45, 7) is 0. The number of anilines is 1. The van der Waals surface area contributed by atoms with E-state index in [0.29, 0.717) is 23.4 Å². The molecule has 6 atom stereocenters. The van der Waals surface area contributed by atoms with Crippen molar-refractivity contribution in [2.75, 3.05) is 5.32 Å². The third kappa shape index (κ3) is 4.78. The highest BCUT2D eigenvalue weighted by atomic mass is 16.6. The first-order valence-corrected chi connectivity index (χ1v) is 13.4. The maximum Gasteiger partial charge on any atom is 0.167 e. The molecule has 6 rings (SSSR count). The van der Waals surface area contributed by atoms with Crippen LogP contribution in [-0.4, -0.2) is 59.3 Å². The second kappa shape index (κ2) is 10.8. The zero-order valence-electron chi connectivity index (χ0n) is 21.1. The van der Waals surface area contributed by atoms with Crippen molar-refractivity contribution in [2.45, 2.75) is 75.2 Å². The number of imidazole rings is 1. The Hall–Kier alpha value is -3.37. The molecule has 2 unspecified atom stereocenters. The van der Waals surface area contributed by atoms with E-state index in [1.165, 1.54) is 23.0 Å². The summed E-state index contributed by atoms with van der Waals surface area (Å²) >= 11 is 0. The zero-order valence-corrected chi connectivity index (χ0v) is 21.1. The molecule has 3 heterocycles. The molecule has 2 aromatic carbocycles. The van der Waals surface area contributed by atoms with E-state index in [1.807, 2.05) is 18.2 Å². The second-order valence-electron chi connectivity index (χ2n) is 10.3. The molecule has 0 amide bonds. The van der Waals surface area contributed by atoms with E-state index in [-0.39, 0.29) is 6.04 Å². The Morgan fingerprint density at radius 3 is 2.68 bits per heavy atom. The van der Waals surface area contributed by atoms with Crippen molar-refractivity contribution in [3.8, 4) is 0 Å². The molecular weight excluding hydrogens is 482 g/mol. The Morgan fingerprint density at radius 1 is 1.00 bits per heavy atom. The van der Waals surface area contributed by atoms with Crippen LogP contribution in [0.1, 0.15) is 54.6 Å². The molecule has 9 heteroatoms. The molecule has 0 radical (unpaired) electrons. The van der Waals surface area contributed by atoms with Crippen molar-refractivity contribution in [3.63, 3.8) is 0 Å². The number of fused-ring (bicyclic) bond motifs is 2. The number of aliphatic hydroxyl groups is 3. The van der Waals surface area contributed by atoms with Gasteiger partial charge >= 0.3 is 0 Å². The first-order valence-electron chi connectivity index (χ1n) is 13.4. The number of benzene rings is 2. The van der Waals surface area contributed by atoms with Gasteiger partial charge in [0.25, 0.3) is 0 Å². The van der Waals surface area contributed by atoms with Crippen LogP contribution in [0.3, 0.4) is 0 Å². The van der Waals surface area contributed by atoms with Crippen LogP contribution in [-0.2, 0) is 17.6 Å². The fourth-order valence-electron chi connectivity index (χ4n) is 5.77. The number of aromatic nitrogens is 4. The van der Waals surface area contributed by atoms with Gasteiger partial charge in [-0.15, -0.1) is 0 Å². The number of rotatable bonds is 8. The number of nitrogens with one attached hydrogen (secondary N) is 1. The molecule has 9 nitrogen and oxygen atoms in total. The van der Waals surface area contributed by atoms with E-state index < -0.39 is 30.6 Å². The van der Waals surface area contributed by atoms with Gasteiger partial charge in [-0.2, -0.15) is 0 Å². The maximum absolute atomic E-state index is 10.9. The van der Waals surface area contributed by atoms with Gasteiger partial charge in [-0.25, -0.2) is 15.0 Å². The highest BCUT2D eigenvalue weighted by Gasteiger charge is 2.47. The van der Waals surface area contributed by atoms with Gasteiger partial charge in [0.15, 0.2) is 23.2 Å². The molecule has 38 heavy (non-hydrogen) atoms. The van der Waals surface area contributed by atoms with E-state index >= 15 is 0 Å². The summed E-state index contributed by atoms with van der Waals surface area (Å²) in [5.41, 5.74) is 4.86. The summed E-state index contributed by atoms with van der Waals surface area (Å²) < 4.78 is 7.64. The van der Waals surface area contributed by atoms with E-state index in [9.17, 15) is 15.3 Å². The van der Waals surface area contributed by atoms with Gasteiger partial charge < -0.3 is 25.4 Å². The van der Waals surface area contributed by atoms with Crippen molar-refractivity contribution >= 4 is 17.0 Å². The van der Waals surface area contributed by atoms with Gasteiger partial charge in [0.1, 0.15) is 24.6 Å². The maximum atomic E-state index is 10.9. The fourth-order valence-corrected chi connectivity index (χ4v) is 5.77. The van der Waals surface area contributed by atoms with E-state index in [2.05, 4.69) is 56.7 Å². The minimum Gasteiger partial charge on any atom is -0.390 e. The summed E-state index contributed by atoms with van der Waals surface area (Å²) in [6.07, 6.45) is 2.92. The van der Waals surface area contributed by atoms with Gasteiger partial charge in [-0.3, -0.25) is 4.57 Å². The Bertz CT molecular complexity index is 1380. The van der Waals surface area contributed by atoms with Crippen LogP contribution >= 0.6 is 0 Å². The summed E-state index contributed by atoms with van der Waals surface area (Å²) in [7, 11) is 0. The molecule has 0 bridgehead atoms. The van der Waals surface area contributed by atoms with Gasteiger partial charge in [-0.1, -0.05) is 54.6 Å². The third-order valence-corrected chi connectivity index (χ3v) is 7.78. The average molecular weight is 516 g/mol. The van der Waals surface area contributed by atoms with E-state index in [0.717, 1.165) is 32.1 Å². The summed E-state index contributed by atoms with van der Waals surface area (Å²) in [6, 6.07) is 18.6. The molecular formula is C29H33N5O4. The molecule has 2 aliphatic rings. The quantitative estimate of drug-likeness (QED) is 0.282. The van der Waals surface area contributed by atoms with Gasteiger partial charge in [0.2, 0.25) is 0 Å². The molecule has 1 aliphatic heterocycles. The lowest BCUT2D eigenvalue weighted by molar-refractivity contribution is -0.0857. The summed E-state index contributed by atoms with van der Waals surface area (Å²) in [5.74, 6) is 0.612. The standard InChI is InChI=1S/C29H33N5O4/c35-22(15-6-10-18-8-2-1-3-9-18)26-24(36)25(37)29(38-26)34-17-32-23-27(30-16-31-28(23)34)33-21-14-7-12-19-11-4-5-13-20(19)21/h1-5,8-9,11,13,16-17,21-22,24-26,29,35-37H,6-7,10,12,14-15H2,(H,30,31,33)/t21?,22?,24-,25+,26+,29+/m0/s1. The number of ether oxygens (including phenoxy) is 1. The molecule has 1 aliphatic carbocycles. The molecule has 4 N–H and O–H groups in total. The third-order valence-electron chi connectivity index (χ3n) is 7.78. The molecule has 1 fully saturated rings. The van der Waals surface area contributed by atoms with Gasteiger partial charge in [0.05, 0.1) is 18.5 Å². The number of aliphatic hydroxyl groups excluding tert-OH is 3. The normalized spacial score (nSPS) is 25.8. The predicted molar refractivity (Wildman–Crippen MR) is 142 cm³/mol. The van der Waals surface area contributed by atoms with Gasteiger partial charge in [-0.05, 0) is 55.2 Å². The molecule has 0 spiro atoms. The number of nitrogens with zero attached hydrogens (tertiary/aromatic N) is 4. The Balaban J connectivity index is 1.17. The lowest BCUT2D eigenvalue weighted by atomic mass is 9.88. The largest absolute Gasteiger partial charge is 0.390 e. The van der Waals surface area contributed by atoms with Crippen molar-refractivity contribution in [3.05, 3.63) is 83.9 Å². The van der Waals surface area contributed by atoms with Crippen LogP contribution < -0.4 is 5.32 Å². The zero-order chi connectivity index (χ0) is 26.1. The minimum absolute atomic E-state index is 0.119. The Labute approximate surface area is 221 Å². The fraction of sp³-hybridized carbons (Fsp3) is 0.414. The Morgan fingerprint density at radius 2 is 1.82 bits per heavy atom. The van der Waals surface area contributed by atoms with Crippen LogP contribution in [0.2, 0.25) is 0 Å². The average Bonchev–Trinajstić information content (AvgIpc) is 3.51. The molecule has 2 aromatic heterocycles. The number of hydrogen-bond acceptors (Lipinski definition) is 8. The molecule has 1 saturated heterocycles. The molecule has 198 valence electrons. The van der Waals surface area contributed by atoms with Crippen LogP contribution in [0.4, 0.5) is 5.82 Å². The van der Waals surface area contributed by atoms with Crippen LogP contribution in [0.5, 0.6) is 0 Å². The summed E-state index contributed by atoms with van der Waals surface area (Å²) in [4.78, 5) is 13.4. The first kappa shape index (κ1) is 24.9. The van der Waals surface area contributed by atoms with Crippen LogP contribution in [0.25, 0.3) is 11.2 Å².